The summed E-state index contributed by atoms with van der Waals surface area (Å²) >= 11 is 1.79. The summed E-state index contributed by atoms with van der Waals surface area (Å²) in [4.78, 5) is 14.2. The molecule has 0 saturated heterocycles. The van der Waals surface area contributed by atoms with Crippen LogP contribution in [0.4, 0.5) is 5.00 Å². The Bertz CT molecular complexity index is 814. The first-order valence-corrected chi connectivity index (χ1v) is 9.93. The first-order chi connectivity index (χ1) is 11.8. The quantitative estimate of drug-likeness (QED) is 0.751. The molecule has 3 nitrogen and oxygen atoms in total. The van der Waals surface area contributed by atoms with Gasteiger partial charge in [0, 0.05) is 4.88 Å². The predicted molar refractivity (Wildman–Crippen MR) is 104 cm³/mol. The molecule has 1 amide bonds. The van der Waals surface area contributed by atoms with Crippen molar-refractivity contribution in [1.29, 1.82) is 0 Å². The van der Waals surface area contributed by atoms with Crippen molar-refractivity contribution in [2.24, 2.45) is 11.3 Å². The van der Waals surface area contributed by atoms with Gasteiger partial charge < -0.3 is 10.6 Å². The van der Waals surface area contributed by atoms with E-state index in [-0.39, 0.29) is 12.1 Å². The van der Waals surface area contributed by atoms with Gasteiger partial charge in [0.05, 0.1) is 5.56 Å². The molecule has 4 heteroatoms. The van der Waals surface area contributed by atoms with Crippen LogP contribution in [0.25, 0.3) is 0 Å². The van der Waals surface area contributed by atoms with Crippen LogP contribution in [0.2, 0.25) is 0 Å². The molecule has 0 fully saturated rings. The fraction of sp³-hybridized carbons (Fsp3) is 0.476. The van der Waals surface area contributed by atoms with Crippen molar-refractivity contribution in [3.8, 4) is 0 Å². The SMILES string of the molecule is Cc1ccc(C2NC(=O)c3c(sc4c3CCC(C(C)(C)C)C4)N2)cc1. The number of hydrogen-bond donors (Lipinski definition) is 2. The minimum Gasteiger partial charge on any atom is -0.353 e. The first-order valence-electron chi connectivity index (χ1n) is 9.11. The third-order valence-electron chi connectivity index (χ3n) is 5.68. The molecule has 132 valence electrons. The van der Waals surface area contributed by atoms with E-state index in [9.17, 15) is 4.79 Å². The van der Waals surface area contributed by atoms with Gasteiger partial charge in [-0.25, -0.2) is 0 Å². The van der Waals surface area contributed by atoms with Crippen molar-refractivity contribution in [2.45, 2.75) is 53.1 Å². The normalized spacial score (nSPS) is 22.6. The topological polar surface area (TPSA) is 41.1 Å². The second kappa shape index (κ2) is 5.87. The summed E-state index contributed by atoms with van der Waals surface area (Å²) in [7, 11) is 0. The smallest absolute Gasteiger partial charge is 0.256 e. The van der Waals surface area contributed by atoms with Crippen LogP contribution in [0.3, 0.4) is 0 Å². The third kappa shape index (κ3) is 2.97. The molecular weight excluding hydrogens is 328 g/mol. The van der Waals surface area contributed by atoms with Gasteiger partial charge >= 0.3 is 0 Å². The highest BCUT2D eigenvalue weighted by molar-refractivity contribution is 7.16. The second-order valence-corrected chi connectivity index (χ2v) is 9.58. The average molecular weight is 355 g/mol. The molecule has 0 bridgehead atoms. The van der Waals surface area contributed by atoms with E-state index >= 15 is 0 Å². The lowest BCUT2D eigenvalue weighted by Crippen LogP contribution is -2.38. The lowest BCUT2D eigenvalue weighted by Gasteiger charge is -2.34. The summed E-state index contributed by atoms with van der Waals surface area (Å²) in [6.45, 7) is 9.06. The van der Waals surface area contributed by atoms with Crippen molar-refractivity contribution >= 4 is 22.2 Å². The zero-order chi connectivity index (χ0) is 17.8. The number of amides is 1. The molecule has 2 aromatic rings. The summed E-state index contributed by atoms with van der Waals surface area (Å²) in [6, 6.07) is 8.35. The Morgan fingerprint density at radius 2 is 1.84 bits per heavy atom. The third-order valence-corrected chi connectivity index (χ3v) is 6.86. The molecule has 4 rings (SSSR count). The van der Waals surface area contributed by atoms with Crippen molar-refractivity contribution in [1.82, 2.24) is 5.32 Å². The van der Waals surface area contributed by atoms with E-state index in [0.29, 0.717) is 11.3 Å². The molecule has 25 heavy (non-hydrogen) atoms. The summed E-state index contributed by atoms with van der Waals surface area (Å²) in [5.74, 6) is 0.766. The Hall–Kier alpha value is -1.81. The summed E-state index contributed by atoms with van der Waals surface area (Å²) in [5.41, 5.74) is 4.83. The van der Waals surface area contributed by atoms with E-state index in [2.05, 4.69) is 62.6 Å². The van der Waals surface area contributed by atoms with Gasteiger partial charge in [0.2, 0.25) is 0 Å². The fourth-order valence-electron chi connectivity index (χ4n) is 3.96. The number of nitrogens with one attached hydrogen (secondary N) is 2. The van der Waals surface area contributed by atoms with Crippen LogP contribution >= 0.6 is 11.3 Å². The lowest BCUT2D eigenvalue weighted by atomic mass is 9.72. The summed E-state index contributed by atoms with van der Waals surface area (Å²) < 4.78 is 0. The van der Waals surface area contributed by atoms with Crippen LogP contribution in [0.5, 0.6) is 0 Å². The number of fused-ring (bicyclic) bond motifs is 3. The van der Waals surface area contributed by atoms with Crippen LogP contribution in [0.1, 0.15) is 65.3 Å². The monoisotopic (exact) mass is 354 g/mol. The van der Waals surface area contributed by atoms with Crippen molar-refractivity contribution in [2.75, 3.05) is 5.32 Å². The largest absolute Gasteiger partial charge is 0.353 e. The number of hydrogen-bond acceptors (Lipinski definition) is 3. The minimum atomic E-state index is -0.140. The molecule has 0 radical (unpaired) electrons. The number of benzene rings is 1. The van der Waals surface area contributed by atoms with E-state index in [1.54, 1.807) is 11.3 Å². The molecule has 0 saturated carbocycles. The Morgan fingerprint density at radius 1 is 1.12 bits per heavy atom. The highest BCUT2D eigenvalue weighted by Crippen LogP contribution is 2.45. The lowest BCUT2D eigenvalue weighted by molar-refractivity contribution is 0.0935. The number of rotatable bonds is 1. The highest BCUT2D eigenvalue weighted by Gasteiger charge is 2.36. The summed E-state index contributed by atoms with van der Waals surface area (Å²) in [6.07, 6.45) is 3.15. The number of thiophene rings is 1. The van der Waals surface area contributed by atoms with Crippen molar-refractivity contribution < 1.29 is 4.79 Å². The number of aryl methyl sites for hydroxylation is 1. The Balaban J connectivity index is 1.64. The van der Waals surface area contributed by atoms with Gasteiger partial charge in [-0.05, 0) is 48.6 Å². The zero-order valence-corrected chi connectivity index (χ0v) is 16.2. The molecular formula is C21H26N2OS. The van der Waals surface area contributed by atoms with Crippen LogP contribution < -0.4 is 10.6 Å². The van der Waals surface area contributed by atoms with E-state index in [0.717, 1.165) is 29.0 Å². The second-order valence-electron chi connectivity index (χ2n) is 8.48. The van der Waals surface area contributed by atoms with Crippen molar-refractivity contribution in [3.05, 3.63) is 51.4 Å². The Morgan fingerprint density at radius 3 is 2.52 bits per heavy atom. The van der Waals surface area contributed by atoms with Gasteiger partial charge in [0.1, 0.15) is 11.2 Å². The number of carbonyl (C=O) groups excluding carboxylic acids is 1. The zero-order valence-electron chi connectivity index (χ0n) is 15.4. The molecule has 1 aromatic carbocycles. The van der Waals surface area contributed by atoms with Crippen LogP contribution in [0, 0.1) is 18.3 Å². The predicted octanol–water partition coefficient (Wildman–Crippen LogP) is 5.06. The molecule has 2 N–H and O–H groups in total. The molecule has 2 heterocycles. The van der Waals surface area contributed by atoms with Gasteiger partial charge in [-0.2, -0.15) is 0 Å². The van der Waals surface area contributed by atoms with Crippen LogP contribution in [-0.4, -0.2) is 5.91 Å². The average Bonchev–Trinajstić information content (AvgIpc) is 2.92. The van der Waals surface area contributed by atoms with Gasteiger partial charge in [0.15, 0.2) is 0 Å². The molecule has 1 aromatic heterocycles. The van der Waals surface area contributed by atoms with Gasteiger partial charge in [-0.3, -0.25) is 4.79 Å². The minimum absolute atomic E-state index is 0.0750. The van der Waals surface area contributed by atoms with Crippen molar-refractivity contribution in [3.63, 3.8) is 0 Å². The van der Waals surface area contributed by atoms with E-state index in [1.165, 1.54) is 22.4 Å². The van der Waals surface area contributed by atoms with E-state index < -0.39 is 0 Å². The van der Waals surface area contributed by atoms with E-state index in [1.807, 2.05) is 0 Å². The molecule has 1 aliphatic carbocycles. The number of carbonyl (C=O) groups is 1. The van der Waals surface area contributed by atoms with Crippen LogP contribution in [-0.2, 0) is 12.8 Å². The maximum Gasteiger partial charge on any atom is 0.256 e. The highest BCUT2D eigenvalue weighted by atomic mass is 32.1. The van der Waals surface area contributed by atoms with Gasteiger partial charge in [0.25, 0.3) is 5.91 Å². The Kier molecular flexibility index (Phi) is 3.91. The fourth-order valence-corrected chi connectivity index (χ4v) is 5.32. The standard InChI is InChI=1S/C21H26N2OS/c1-12-5-7-13(8-6-12)18-22-19(24)17-15-10-9-14(21(2,3)4)11-16(15)25-20(17)23-18/h5-8,14,18,23H,9-11H2,1-4H3,(H,22,24). The number of anilines is 1. The molecule has 2 unspecified atom stereocenters. The molecule has 2 aliphatic rings. The maximum atomic E-state index is 12.8. The van der Waals surface area contributed by atoms with Gasteiger partial charge in [-0.15, -0.1) is 11.3 Å². The van der Waals surface area contributed by atoms with Crippen LogP contribution in [0.15, 0.2) is 24.3 Å². The molecule has 2 atom stereocenters. The molecule has 1 aliphatic heterocycles. The first kappa shape index (κ1) is 16.6. The Labute approximate surface area is 153 Å². The van der Waals surface area contributed by atoms with Gasteiger partial charge in [-0.1, -0.05) is 50.6 Å². The molecule has 0 spiro atoms. The van der Waals surface area contributed by atoms with E-state index in [4.69, 9.17) is 0 Å². The maximum absolute atomic E-state index is 12.8. The summed E-state index contributed by atoms with van der Waals surface area (Å²) in [5, 5.41) is 7.75.